The van der Waals surface area contributed by atoms with Crippen molar-refractivity contribution in [3.8, 4) is 0 Å². The lowest BCUT2D eigenvalue weighted by molar-refractivity contribution is -0.151. The summed E-state index contributed by atoms with van der Waals surface area (Å²) in [6, 6.07) is 7.79. The van der Waals surface area contributed by atoms with Gasteiger partial charge in [-0.25, -0.2) is 4.79 Å². The minimum atomic E-state index is -0.469. The van der Waals surface area contributed by atoms with Crippen LogP contribution >= 0.6 is 11.3 Å². The Morgan fingerprint density at radius 3 is 2.52 bits per heavy atom. The highest BCUT2D eigenvalue weighted by molar-refractivity contribution is 7.21. The number of fused-ring (bicyclic) bond motifs is 1. The van der Waals surface area contributed by atoms with Gasteiger partial charge in [0, 0.05) is 17.8 Å². The van der Waals surface area contributed by atoms with Crippen molar-refractivity contribution in [1.82, 2.24) is 4.90 Å². The highest BCUT2D eigenvalue weighted by atomic mass is 32.1. The lowest BCUT2D eigenvalue weighted by Gasteiger charge is -2.30. The molecule has 1 saturated heterocycles. The van der Waals surface area contributed by atoms with Gasteiger partial charge in [-0.15, -0.1) is 11.3 Å². The van der Waals surface area contributed by atoms with Gasteiger partial charge < -0.3 is 14.4 Å². The van der Waals surface area contributed by atoms with Crippen LogP contribution in [0.15, 0.2) is 24.3 Å². The molecule has 1 aliphatic heterocycles. The molecular weight excluding hydrogens is 366 g/mol. The van der Waals surface area contributed by atoms with E-state index in [1.54, 1.807) is 11.8 Å². The first-order valence-corrected chi connectivity index (χ1v) is 9.92. The van der Waals surface area contributed by atoms with Crippen molar-refractivity contribution in [3.63, 3.8) is 0 Å². The molecule has 0 saturated carbocycles. The van der Waals surface area contributed by atoms with E-state index in [1.807, 2.05) is 31.2 Å². The second-order valence-corrected chi connectivity index (χ2v) is 7.59. The summed E-state index contributed by atoms with van der Waals surface area (Å²) < 4.78 is 11.3. The molecule has 0 aliphatic carbocycles. The predicted octanol–water partition coefficient (Wildman–Crippen LogP) is 3.17. The van der Waals surface area contributed by atoms with Gasteiger partial charge in [-0.3, -0.25) is 9.59 Å². The molecule has 0 spiro atoms. The van der Waals surface area contributed by atoms with Crippen molar-refractivity contribution in [3.05, 3.63) is 34.7 Å². The van der Waals surface area contributed by atoms with E-state index < -0.39 is 5.97 Å². The first-order valence-electron chi connectivity index (χ1n) is 9.11. The molecule has 1 aromatic heterocycles. The third-order valence-corrected chi connectivity index (χ3v) is 6.08. The summed E-state index contributed by atoms with van der Waals surface area (Å²) >= 11 is 1.38. The Morgan fingerprint density at radius 1 is 1.15 bits per heavy atom. The summed E-state index contributed by atoms with van der Waals surface area (Å²) in [6.45, 7) is 4.70. The Bertz CT molecular complexity index is 851. The maximum atomic E-state index is 12.4. The van der Waals surface area contributed by atoms with Crippen LogP contribution in [0.5, 0.6) is 0 Å². The summed E-state index contributed by atoms with van der Waals surface area (Å²) in [6.07, 6.45) is 1.15. The Kier molecular flexibility index (Phi) is 6.11. The second-order valence-electron chi connectivity index (χ2n) is 6.54. The Balaban J connectivity index is 1.52. The molecule has 6 nitrogen and oxygen atoms in total. The van der Waals surface area contributed by atoms with E-state index in [0.717, 1.165) is 15.6 Å². The standard InChI is InChI=1S/C20H23NO5S/c1-3-25-19(23)14-8-10-21(11-9-14)17(22)12-26-20(24)18-13(2)15-6-4-5-7-16(15)27-18/h4-7,14H,3,8-12H2,1-2H3. The number of hydrogen-bond donors (Lipinski definition) is 0. The van der Waals surface area contributed by atoms with Gasteiger partial charge in [0.25, 0.3) is 5.91 Å². The number of likely N-dealkylation sites (tertiary alicyclic amines) is 1. The average molecular weight is 389 g/mol. The van der Waals surface area contributed by atoms with Crippen molar-refractivity contribution in [2.45, 2.75) is 26.7 Å². The monoisotopic (exact) mass is 389 g/mol. The fourth-order valence-electron chi connectivity index (χ4n) is 3.28. The lowest BCUT2D eigenvalue weighted by Crippen LogP contribution is -2.42. The van der Waals surface area contributed by atoms with Gasteiger partial charge in [0.05, 0.1) is 12.5 Å². The molecule has 1 aliphatic rings. The van der Waals surface area contributed by atoms with Crippen molar-refractivity contribution in [2.75, 3.05) is 26.3 Å². The maximum Gasteiger partial charge on any atom is 0.349 e. The number of hydrogen-bond acceptors (Lipinski definition) is 6. The van der Waals surface area contributed by atoms with Gasteiger partial charge in [-0.05, 0) is 43.7 Å². The summed E-state index contributed by atoms with van der Waals surface area (Å²) in [5.41, 5.74) is 0.878. The van der Waals surface area contributed by atoms with E-state index in [2.05, 4.69) is 0 Å². The Morgan fingerprint density at radius 2 is 1.85 bits per heavy atom. The number of carbonyl (C=O) groups is 3. The zero-order valence-corrected chi connectivity index (χ0v) is 16.3. The summed E-state index contributed by atoms with van der Waals surface area (Å²) in [5.74, 6) is -1.05. The van der Waals surface area contributed by atoms with Crippen LogP contribution in [-0.2, 0) is 19.1 Å². The van der Waals surface area contributed by atoms with Gasteiger partial charge in [-0.2, -0.15) is 0 Å². The van der Waals surface area contributed by atoms with Gasteiger partial charge in [0.2, 0.25) is 0 Å². The topological polar surface area (TPSA) is 72.9 Å². The smallest absolute Gasteiger partial charge is 0.349 e. The number of rotatable bonds is 5. The highest BCUT2D eigenvalue weighted by Crippen LogP contribution is 2.31. The third kappa shape index (κ3) is 4.30. The molecular formula is C20H23NO5S. The van der Waals surface area contributed by atoms with Crippen molar-refractivity contribution < 1.29 is 23.9 Å². The summed E-state index contributed by atoms with van der Waals surface area (Å²) in [5, 5.41) is 1.03. The molecule has 2 aromatic rings. The zero-order chi connectivity index (χ0) is 19.4. The zero-order valence-electron chi connectivity index (χ0n) is 15.5. The van der Waals surface area contributed by atoms with Crippen LogP contribution in [0.4, 0.5) is 0 Å². The quantitative estimate of drug-likeness (QED) is 0.735. The molecule has 0 radical (unpaired) electrons. The van der Waals surface area contributed by atoms with E-state index >= 15 is 0 Å². The van der Waals surface area contributed by atoms with Crippen LogP contribution in [0.2, 0.25) is 0 Å². The maximum absolute atomic E-state index is 12.4. The fourth-order valence-corrected chi connectivity index (χ4v) is 4.38. The molecule has 27 heavy (non-hydrogen) atoms. The van der Waals surface area contributed by atoms with Gasteiger partial charge >= 0.3 is 11.9 Å². The van der Waals surface area contributed by atoms with E-state index in [1.165, 1.54) is 11.3 Å². The molecule has 0 unspecified atom stereocenters. The van der Waals surface area contributed by atoms with Crippen molar-refractivity contribution in [2.24, 2.45) is 5.92 Å². The average Bonchev–Trinajstić information content (AvgIpc) is 3.03. The number of amides is 1. The molecule has 7 heteroatoms. The van der Waals surface area contributed by atoms with Crippen LogP contribution in [0.25, 0.3) is 10.1 Å². The summed E-state index contributed by atoms with van der Waals surface area (Å²) in [7, 11) is 0. The minimum absolute atomic E-state index is 0.155. The van der Waals surface area contributed by atoms with Gasteiger partial charge in [0.1, 0.15) is 4.88 Å². The van der Waals surface area contributed by atoms with Gasteiger partial charge in [-0.1, -0.05) is 18.2 Å². The van der Waals surface area contributed by atoms with Crippen LogP contribution < -0.4 is 0 Å². The Hall–Kier alpha value is -2.41. The number of aryl methyl sites for hydroxylation is 1. The number of carbonyl (C=O) groups excluding carboxylic acids is 3. The molecule has 0 bridgehead atoms. The van der Waals surface area contributed by atoms with Crippen LogP contribution in [0, 0.1) is 12.8 Å². The highest BCUT2D eigenvalue weighted by Gasteiger charge is 2.28. The van der Waals surface area contributed by atoms with Gasteiger partial charge in [0.15, 0.2) is 6.61 Å². The molecule has 2 heterocycles. The number of thiophene rings is 1. The van der Waals surface area contributed by atoms with Crippen molar-refractivity contribution >= 4 is 39.3 Å². The molecule has 1 aromatic carbocycles. The van der Waals surface area contributed by atoms with Crippen LogP contribution in [0.1, 0.15) is 35.0 Å². The molecule has 1 amide bonds. The fraction of sp³-hybridized carbons (Fsp3) is 0.450. The molecule has 3 rings (SSSR count). The molecule has 0 N–H and O–H groups in total. The van der Waals surface area contributed by atoms with E-state index in [4.69, 9.17) is 9.47 Å². The third-order valence-electron chi connectivity index (χ3n) is 4.82. The first-order chi connectivity index (χ1) is 13.0. The number of piperidine rings is 1. The van der Waals surface area contributed by atoms with E-state index in [0.29, 0.717) is 37.4 Å². The van der Waals surface area contributed by atoms with Crippen molar-refractivity contribution in [1.29, 1.82) is 0 Å². The molecule has 0 atom stereocenters. The SMILES string of the molecule is CCOC(=O)C1CCN(C(=O)COC(=O)c2sc3ccccc3c2C)CC1. The first kappa shape index (κ1) is 19.4. The van der Waals surface area contributed by atoms with Crippen LogP contribution in [-0.4, -0.2) is 49.0 Å². The number of esters is 2. The predicted molar refractivity (Wildman–Crippen MR) is 103 cm³/mol. The number of ether oxygens (including phenoxy) is 2. The number of nitrogens with zero attached hydrogens (tertiary/aromatic N) is 1. The van der Waals surface area contributed by atoms with E-state index in [9.17, 15) is 14.4 Å². The normalized spacial score (nSPS) is 15.0. The molecule has 1 fully saturated rings. The lowest BCUT2D eigenvalue weighted by atomic mass is 9.97. The Labute approximate surface area is 162 Å². The summed E-state index contributed by atoms with van der Waals surface area (Å²) in [4.78, 5) is 38.7. The minimum Gasteiger partial charge on any atom is -0.466 e. The van der Waals surface area contributed by atoms with E-state index in [-0.39, 0.29) is 24.4 Å². The molecule has 144 valence electrons. The van der Waals surface area contributed by atoms with Crippen LogP contribution in [0.3, 0.4) is 0 Å². The number of benzene rings is 1. The second kappa shape index (κ2) is 8.52. The largest absolute Gasteiger partial charge is 0.466 e.